The molecule has 0 unspecified atom stereocenters. The van der Waals surface area contributed by atoms with Crippen LogP contribution in [0.1, 0.15) is 11.4 Å². The van der Waals surface area contributed by atoms with Crippen LogP contribution in [-0.4, -0.2) is 16.0 Å². The summed E-state index contributed by atoms with van der Waals surface area (Å²) in [6.45, 7) is 2.64. The van der Waals surface area contributed by atoms with Crippen LogP contribution in [0.15, 0.2) is 48.8 Å². The van der Waals surface area contributed by atoms with Crippen molar-refractivity contribution in [2.75, 3.05) is 12.3 Å². The number of para-hydroxylation sites is 1. The second-order valence-corrected chi connectivity index (χ2v) is 4.80. The van der Waals surface area contributed by atoms with Crippen molar-refractivity contribution < 1.29 is 4.74 Å². The summed E-state index contributed by atoms with van der Waals surface area (Å²) in [5, 5.41) is 0. The van der Waals surface area contributed by atoms with Crippen LogP contribution in [0, 0.1) is 6.92 Å². The molecule has 0 atom stereocenters. The molecule has 0 aliphatic carbocycles. The highest BCUT2D eigenvalue weighted by Crippen LogP contribution is 2.17. The molecule has 0 aliphatic rings. The van der Waals surface area contributed by atoms with E-state index in [9.17, 15) is 0 Å². The molecule has 2 aromatic heterocycles. The fourth-order valence-electron chi connectivity index (χ4n) is 2.22. The number of rotatable bonds is 4. The molecule has 4 nitrogen and oxygen atoms in total. The van der Waals surface area contributed by atoms with Gasteiger partial charge in [0.05, 0.1) is 18.3 Å². The van der Waals surface area contributed by atoms with Gasteiger partial charge < -0.3 is 14.9 Å². The fraction of sp³-hybridized carbons (Fsp3) is 0.188. The zero-order chi connectivity index (χ0) is 13.9. The van der Waals surface area contributed by atoms with Gasteiger partial charge in [0.25, 0.3) is 0 Å². The van der Waals surface area contributed by atoms with Crippen LogP contribution in [0.25, 0.3) is 5.52 Å². The Morgan fingerprint density at radius 1 is 1.20 bits per heavy atom. The lowest BCUT2D eigenvalue weighted by Crippen LogP contribution is -2.06. The van der Waals surface area contributed by atoms with Gasteiger partial charge in [0.1, 0.15) is 11.6 Å². The highest BCUT2D eigenvalue weighted by molar-refractivity contribution is 5.52. The number of nitrogens with zero attached hydrogens (tertiary/aromatic N) is 2. The molecule has 0 spiro atoms. The van der Waals surface area contributed by atoms with E-state index in [-0.39, 0.29) is 0 Å². The third-order valence-electron chi connectivity index (χ3n) is 3.30. The summed E-state index contributed by atoms with van der Waals surface area (Å²) in [6, 6.07) is 11.9. The van der Waals surface area contributed by atoms with E-state index in [4.69, 9.17) is 10.5 Å². The van der Waals surface area contributed by atoms with Gasteiger partial charge in [-0.05, 0) is 30.7 Å². The van der Waals surface area contributed by atoms with Crippen LogP contribution in [0.3, 0.4) is 0 Å². The Morgan fingerprint density at radius 3 is 2.90 bits per heavy atom. The van der Waals surface area contributed by atoms with Gasteiger partial charge in [0, 0.05) is 18.3 Å². The number of pyridine rings is 1. The molecule has 102 valence electrons. The largest absolute Gasteiger partial charge is 0.493 e. The van der Waals surface area contributed by atoms with E-state index < -0.39 is 0 Å². The van der Waals surface area contributed by atoms with E-state index in [1.807, 2.05) is 60.1 Å². The van der Waals surface area contributed by atoms with Crippen molar-refractivity contribution in [3.63, 3.8) is 0 Å². The molecule has 0 bridgehead atoms. The Balaban J connectivity index is 1.71. The van der Waals surface area contributed by atoms with E-state index in [1.165, 1.54) is 0 Å². The van der Waals surface area contributed by atoms with Crippen LogP contribution in [0.2, 0.25) is 0 Å². The molecule has 20 heavy (non-hydrogen) atoms. The topological polar surface area (TPSA) is 52.5 Å². The third kappa shape index (κ3) is 2.45. The molecular formula is C16H17N3O. The quantitative estimate of drug-likeness (QED) is 0.790. The lowest BCUT2D eigenvalue weighted by Gasteiger charge is -2.08. The number of anilines is 1. The Kier molecular flexibility index (Phi) is 3.29. The lowest BCUT2D eigenvalue weighted by molar-refractivity contribution is 0.316. The molecular weight excluding hydrogens is 250 g/mol. The fourth-order valence-corrected chi connectivity index (χ4v) is 2.22. The molecule has 0 amide bonds. The first kappa shape index (κ1) is 12.5. The number of hydrogen-bond acceptors (Lipinski definition) is 3. The molecule has 4 heteroatoms. The summed E-state index contributed by atoms with van der Waals surface area (Å²) in [7, 11) is 0. The molecule has 3 rings (SSSR count). The summed E-state index contributed by atoms with van der Waals surface area (Å²) in [5.41, 5.74) is 8.73. The highest BCUT2D eigenvalue weighted by Gasteiger charge is 2.05. The summed E-state index contributed by atoms with van der Waals surface area (Å²) in [4.78, 5) is 4.42. The monoisotopic (exact) mass is 267 g/mol. The predicted octanol–water partition coefficient (Wildman–Crippen LogP) is 2.85. The first-order valence-corrected chi connectivity index (χ1v) is 6.64. The Bertz CT molecular complexity index is 733. The molecule has 0 saturated carbocycles. The summed E-state index contributed by atoms with van der Waals surface area (Å²) in [5.74, 6) is 1.88. The van der Waals surface area contributed by atoms with Gasteiger partial charge in [0.2, 0.25) is 0 Å². The van der Waals surface area contributed by atoms with Crippen molar-refractivity contribution >= 4 is 11.2 Å². The van der Waals surface area contributed by atoms with Crippen LogP contribution < -0.4 is 10.5 Å². The van der Waals surface area contributed by atoms with Crippen LogP contribution in [0.5, 0.6) is 5.75 Å². The number of nitrogen functional groups attached to an aromatic ring is 1. The maximum atomic E-state index is 5.81. The minimum atomic E-state index is 0.596. The highest BCUT2D eigenvalue weighted by atomic mass is 16.5. The Labute approximate surface area is 117 Å². The van der Waals surface area contributed by atoms with Gasteiger partial charge in [0.15, 0.2) is 0 Å². The van der Waals surface area contributed by atoms with Gasteiger partial charge in [-0.25, -0.2) is 4.98 Å². The van der Waals surface area contributed by atoms with Gasteiger partial charge >= 0.3 is 0 Å². The second-order valence-electron chi connectivity index (χ2n) is 4.80. The SMILES string of the molecule is Cc1ccccc1OCCc1ncc2ccc(N)cn12. The zero-order valence-electron chi connectivity index (χ0n) is 11.4. The normalized spacial score (nSPS) is 10.8. The van der Waals surface area contributed by atoms with E-state index in [0.29, 0.717) is 6.61 Å². The number of aryl methyl sites for hydroxylation is 1. The van der Waals surface area contributed by atoms with Crippen molar-refractivity contribution in [1.29, 1.82) is 0 Å². The van der Waals surface area contributed by atoms with Crippen LogP contribution in [-0.2, 0) is 6.42 Å². The maximum absolute atomic E-state index is 5.81. The Morgan fingerprint density at radius 2 is 2.05 bits per heavy atom. The smallest absolute Gasteiger partial charge is 0.122 e. The molecule has 3 aromatic rings. The molecule has 0 radical (unpaired) electrons. The van der Waals surface area contributed by atoms with Crippen molar-refractivity contribution in [2.24, 2.45) is 0 Å². The average molecular weight is 267 g/mol. The minimum Gasteiger partial charge on any atom is -0.493 e. The standard InChI is InChI=1S/C16H17N3O/c1-12-4-2-3-5-15(12)20-9-8-16-18-10-14-7-6-13(17)11-19(14)16/h2-7,10-11H,8-9,17H2,1H3. The lowest BCUT2D eigenvalue weighted by atomic mass is 10.2. The van der Waals surface area contributed by atoms with Crippen molar-refractivity contribution in [3.8, 4) is 5.75 Å². The van der Waals surface area contributed by atoms with Crippen molar-refractivity contribution in [3.05, 3.63) is 60.2 Å². The summed E-state index contributed by atoms with van der Waals surface area (Å²) >= 11 is 0. The molecule has 0 aliphatic heterocycles. The van der Waals surface area contributed by atoms with Gasteiger partial charge in [-0.3, -0.25) is 0 Å². The van der Waals surface area contributed by atoms with Gasteiger partial charge in [-0.2, -0.15) is 0 Å². The third-order valence-corrected chi connectivity index (χ3v) is 3.30. The first-order valence-electron chi connectivity index (χ1n) is 6.64. The zero-order valence-corrected chi connectivity index (χ0v) is 11.4. The molecule has 1 aromatic carbocycles. The van der Waals surface area contributed by atoms with Crippen LogP contribution in [0.4, 0.5) is 5.69 Å². The summed E-state index contributed by atoms with van der Waals surface area (Å²) in [6.07, 6.45) is 4.49. The maximum Gasteiger partial charge on any atom is 0.122 e. The number of benzene rings is 1. The van der Waals surface area contributed by atoms with Crippen molar-refractivity contribution in [1.82, 2.24) is 9.38 Å². The average Bonchev–Trinajstić information content (AvgIpc) is 2.83. The predicted molar refractivity (Wildman–Crippen MR) is 80.0 cm³/mol. The van der Waals surface area contributed by atoms with Crippen molar-refractivity contribution in [2.45, 2.75) is 13.3 Å². The second kappa shape index (κ2) is 5.25. The Hall–Kier alpha value is -2.49. The molecule has 0 fully saturated rings. The summed E-state index contributed by atoms with van der Waals surface area (Å²) < 4.78 is 7.82. The van der Waals surface area contributed by atoms with E-state index >= 15 is 0 Å². The molecule has 2 heterocycles. The number of nitrogens with two attached hydrogens (primary N) is 1. The number of imidazole rings is 1. The minimum absolute atomic E-state index is 0.596. The van der Waals surface area contributed by atoms with Gasteiger partial charge in [-0.1, -0.05) is 18.2 Å². The van der Waals surface area contributed by atoms with Crippen LogP contribution >= 0.6 is 0 Å². The molecule has 0 saturated heterocycles. The van der Waals surface area contributed by atoms with Gasteiger partial charge in [-0.15, -0.1) is 0 Å². The van der Waals surface area contributed by atoms with E-state index in [1.54, 1.807) is 0 Å². The number of fused-ring (bicyclic) bond motifs is 1. The molecule has 2 N–H and O–H groups in total. The van der Waals surface area contributed by atoms with E-state index in [0.717, 1.165) is 34.8 Å². The van der Waals surface area contributed by atoms with E-state index in [2.05, 4.69) is 4.98 Å². The number of hydrogen-bond donors (Lipinski definition) is 1. The number of ether oxygens (including phenoxy) is 1. The number of aromatic nitrogens is 2. The first-order chi connectivity index (χ1) is 9.74.